The van der Waals surface area contributed by atoms with E-state index >= 15 is 0 Å². The molecule has 0 aromatic rings. The lowest BCUT2D eigenvalue weighted by Crippen LogP contribution is -2.41. The highest BCUT2D eigenvalue weighted by Gasteiger charge is 2.46. The van der Waals surface area contributed by atoms with Gasteiger partial charge in [0.15, 0.2) is 0 Å². The average molecular weight is 198 g/mol. The SMILES string of the molecule is C[C@@H]1CC[C@]2(CC[C@H](CO)O2)[C@@H](C)C1. The normalized spacial score (nSPS) is 48.6. The monoisotopic (exact) mass is 198 g/mol. The van der Waals surface area contributed by atoms with Gasteiger partial charge in [-0.1, -0.05) is 13.8 Å². The molecule has 0 aromatic heterocycles. The van der Waals surface area contributed by atoms with Crippen LogP contribution in [0, 0.1) is 11.8 Å². The second-order valence-electron chi connectivity index (χ2n) is 5.31. The Labute approximate surface area is 86.6 Å². The predicted molar refractivity (Wildman–Crippen MR) is 56.1 cm³/mol. The molecule has 1 heterocycles. The molecule has 1 aliphatic heterocycles. The number of ether oxygens (including phenoxy) is 1. The van der Waals surface area contributed by atoms with Crippen LogP contribution in [0.25, 0.3) is 0 Å². The molecule has 2 heteroatoms. The Morgan fingerprint density at radius 1 is 1.29 bits per heavy atom. The molecule has 2 nitrogen and oxygen atoms in total. The van der Waals surface area contributed by atoms with E-state index in [4.69, 9.17) is 9.84 Å². The molecule has 2 fully saturated rings. The summed E-state index contributed by atoms with van der Waals surface area (Å²) in [4.78, 5) is 0. The number of aliphatic hydroxyl groups excluding tert-OH is 1. The van der Waals surface area contributed by atoms with Gasteiger partial charge in [-0.05, 0) is 43.9 Å². The Hall–Kier alpha value is -0.0800. The summed E-state index contributed by atoms with van der Waals surface area (Å²) in [6.45, 7) is 4.85. The van der Waals surface area contributed by atoms with Crippen molar-refractivity contribution in [3.05, 3.63) is 0 Å². The maximum absolute atomic E-state index is 9.09. The Morgan fingerprint density at radius 2 is 2.00 bits per heavy atom. The molecule has 1 N–H and O–H groups in total. The third-order valence-corrected chi connectivity index (χ3v) is 4.21. The van der Waals surface area contributed by atoms with Gasteiger partial charge < -0.3 is 9.84 Å². The first kappa shape index (κ1) is 10.4. The fraction of sp³-hybridized carbons (Fsp3) is 1.00. The minimum Gasteiger partial charge on any atom is -0.394 e. The molecule has 0 bridgehead atoms. The van der Waals surface area contributed by atoms with Crippen molar-refractivity contribution in [2.45, 2.75) is 57.7 Å². The number of rotatable bonds is 1. The molecular formula is C12H22O2. The van der Waals surface area contributed by atoms with Gasteiger partial charge >= 0.3 is 0 Å². The van der Waals surface area contributed by atoms with E-state index in [0.717, 1.165) is 18.8 Å². The molecule has 0 radical (unpaired) electrons. The van der Waals surface area contributed by atoms with Gasteiger partial charge in [0.1, 0.15) is 0 Å². The predicted octanol–water partition coefficient (Wildman–Crippen LogP) is 2.35. The van der Waals surface area contributed by atoms with Gasteiger partial charge in [-0.15, -0.1) is 0 Å². The Balaban J connectivity index is 2.02. The van der Waals surface area contributed by atoms with E-state index in [9.17, 15) is 0 Å². The van der Waals surface area contributed by atoms with Crippen molar-refractivity contribution in [3.63, 3.8) is 0 Å². The van der Waals surface area contributed by atoms with Crippen molar-refractivity contribution in [2.24, 2.45) is 11.8 Å². The fourth-order valence-corrected chi connectivity index (χ4v) is 3.20. The van der Waals surface area contributed by atoms with Gasteiger partial charge in [-0.2, -0.15) is 0 Å². The molecule has 0 amide bonds. The van der Waals surface area contributed by atoms with Crippen LogP contribution in [0.4, 0.5) is 0 Å². The molecule has 4 atom stereocenters. The first-order valence-corrected chi connectivity index (χ1v) is 5.95. The van der Waals surface area contributed by atoms with Crippen molar-refractivity contribution in [1.82, 2.24) is 0 Å². The molecule has 2 aliphatic rings. The van der Waals surface area contributed by atoms with Crippen molar-refractivity contribution in [2.75, 3.05) is 6.61 Å². The van der Waals surface area contributed by atoms with Crippen LogP contribution >= 0.6 is 0 Å². The van der Waals surface area contributed by atoms with E-state index in [1.54, 1.807) is 0 Å². The minimum atomic E-state index is 0.117. The highest BCUT2D eigenvalue weighted by atomic mass is 16.5. The summed E-state index contributed by atoms with van der Waals surface area (Å²) in [5.41, 5.74) is 0.125. The molecule has 2 rings (SSSR count). The molecule has 0 unspecified atom stereocenters. The maximum atomic E-state index is 9.09. The first-order valence-electron chi connectivity index (χ1n) is 5.95. The molecule has 1 aliphatic carbocycles. The standard InChI is InChI=1S/C12H22O2/c1-9-3-5-12(10(2)7-9)6-4-11(8-13)14-12/h9-11,13H,3-8H2,1-2H3/t9-,10+,11-,12+/m1/s1. The number of hydrogen-bond donors (Lipinski definition) is 1. The van der Waals surface area contributed by atoms with Crippen LogP contribution in [-0.4, -0.2) is 23.4 Å². The molecule has 1 saturated carbocycles. The molecule has 1 saturated heterocycles. The molecule has 14 heavy (non-hydrogen) atoms. The summed E-state index contributed by atoms with van der Waals surface area (Å²) in [6.07, 6.45) is 6.11. The van der Waals surface area contributed by atoms with E-state index in [0.29, 0.717) is 5.92 Å². The minimum absolute atomic E-state index is 0.117. The van der Waals surface area contributed by atoms with Crippen LogP contribution in [0.3, 0.4) is 0 Å². The van der Waals surface area contributed by atoms with E-state index in [1.807, 2.05) is 0 Å². The largest absolute Gasteiger partial charge is 0.394 e. The molecular weight excluding hydrogens is 176 g/mol. The van der Waals surface area contributed by atoms with Gasteiger partial charge in [0.2, 0.25) is 0 Å². The van der Waals surface area contributed by atoms with Crippen LogP contribution in [0.15, 0.2) is 0 Å². The van der Waals surface area contributed by atoms with Gasteiger partial charge in [0.05, 0.1) is 18.3 Å². The van der Waals surface area contributed by atoms with E-state index in [-0.39, 0.29) is 18.3 Å². The van der Waals surface area contributed by atoms with Crippen molar-refractivity contribution >= 4 is 0 Å². The quantitative estimate of drug-likeness (QED) is 0.701. The zero-order chi connectivity index (χ0) is 10.2. The topological polar surface area (TPSA) is 29.5 Å². The molecule has 1 spiro atoms. The second kappa shape index (κ2) is 3.82. The summed E-state index contributed by atoms with van der Waals surface area (Å²) < 4.78 is 6.05. The molecule has 82 valence electrons. The summed E-state index contributed by atoms with van der Waals surface area (Å²) in [5.74, 6) is 1.52. The van der Waals surface area contributed by atoms with Gasteiger partial charge in [-0.3, -0.25) is 0 Å². The first-order chi connectivity index (χ1) is 6.66. The summed E-state index contributed by atoms with van der Waals surface area (Å²) in [6, 6.07) is 0. The van der Waals surface area contributed by atoms with E-state index < -0.39 is 0 Å². The third-order valence-electron chi connectivity index (χ3n) is 4.21. The van der Waals surface area contributed by atoms with Crippen LogP contribution in [0.1, 0.15) is 46.0 Å². The van der Waals surface area contributed by atoms with Gasteiger partial charge in [0, 0.05) is 0 Å². The van der Waals surface area contributed by atoms with Crippen LogP contribution in [0.5, 0.6) is 0 Å². The fourth-order valence-electron chi connectivity index (χ4n) is 3.20. The second-order valence-corrected chi connectivity index (χ2v) is 5.31. The van der Waals surface area contributed by atoms with Crippen molar-refractivity contribution in [3.8, 4) is 0 Å². The smallest absolute Gasteiger partial charge is 0.0814 e. The van der Waals surface area contributed by atoms with Crippen molar-refractivity contribution in [1.29, 1.82) is 0 Å². The summed E-state index contributed by atoms with van der Waals surface area (Å²) in [7, 11) is 0. The van der Waals surface area contributed by atoms with Crippen molar-refractivity contribution < 1.29 is 9.84 Å². The highest BCUT2D eigenvalue weighted by molar-refractivity contribution is 4.96. The summed E-state index contributed by atoms with van der Waals surface area (Å²) in [5, 5.41) is 9.09. The highest BCUT2D eigenvalue weighted by Crippen LogP contribution is 2.46. The zero-order valence-corrected chi connectivity index (χ0v) is 9.33. The van der Waals surface area contributed by atoms with Crippen LogP contribution in [-0.2, 0) is 4.74 Å². The van der Waals surface area contributed by atoms with E-state index in [2.05, 4.69) is 13.8 Å². The lowest BCUT2D eigenvalue weighted by Gasteiger charge is -2.41. The average Bonchev–Trinajstić information content (AvgIpc) is 2.58. The lowest BCUT2D eigenvalue weighted by molar-refractivity contribution is -0.113. The number of hydrogen-bond acceptors (Lipinski definition) is 2. The van der Waals surface area contributed by atoms with Gasteiger partial charge in [0.25, 0.3) is 0 Å². The molecule has 0 aromatic carbocycles. The third kappa shape index (κ3) is 1.70. The Bertz CT molecular complexity index is 204. The Kier molecular flexibility index (Phi) is 2.85. The van der Waals surface area contributed by atoms with Crippen LogP contribution in [0.2, 0.25) is 0 Å². The lowest BCUT2D eigenvalue weighted by atomic mass is 9.71. The summed E-state index contributed by atoms with van der Waals surface area (Å²) >= 11 is 0. The van der Waals surface area contributed by atoms with Gasteiger partial charge in [-0.25, -0.2) is 0 Å². The number of aliphatic hydroxyl groups is 1. The van der Waals surface area contributed by atoms with E-state index in [1.165, 1.54) is 19.3 Å². The Morgan fingerprint density at radius 3 is 2.57 bits per heavy atom. The maximum Gasteiger partial charge on any atom is 0.0814 e. The van der Waals surface area contributed by atoms with Crippen LogP contribution < -0.4 is 0 Å². The zero-order valence-electron chi connectivity index (χ0n) is 9.33.